The first-order chi connectivity index (χ1) is 7.99. The van der Waals surface area contributed by atoms with E-state index in [9.17, 15) is 9.59 Å². The van der Waals surface area contributed by atoms with Crippen LogP contribution in [0.1, 0.15) is 26.2 Å². The second-order valence-electron chi connectivity index (χ2n) is 4.33. The molecule has 0 bridgehead atoms. The van der Waals surface area contributed by atoms with E-state index in [2.05, 4.69) is 5.32 Å². The number of carboxylic acids is 1. The minimum atomic E-state index is -0.992. The molecule has 0 radical (unpaired) electrons. The van der Waals surface area contributed by atoms with E-state index in [4.69, 9.17) is 9.84 Å². The van der Waals surface area contributed by atoms with Crippen LogP contribution in [0.15, 0.2) is 0 Å². The molecule has 0 saturated carbocycles. The number of rotatable bonds is 6. The maximum Gasteiger partial charge on any atom is 0.326 e. The van der Waals surface area contributed by atoms with Gasteiger partial charge in [0, 0.05) is 6.61 Å². The van der Waals surface area contributed by atoms with Crippen LogP contribution in [0, 0.1) is 0 Å². The van der Waals surface area contributed by atoms with Crippen LogP contribution < -0.4 is 5.32 Å². The number of ether oxygens (including phenoxy) is 1. The van der Waals surface area contributed by atoms with Gasteiger partial charge in [0.1, 0.15) is 11.6 Å². The topological polar surface area (TPSA) is 75.6 Å². The van der Waals surface area contributed by atoms with Gasteiger partial charge < -0.3 is 15.2 Å². The van der Waals surface area contributed by atoms with Crippen molar-refractivity contribution in [3.05, 3.63) is 0 Å². The van der Waals surface area contributed by atoms with E-state index in [0.717, 1.165) is 6.42 Å². The van der Waals surface area contributed by atoms with E-state index in [1.165, 1.54) is 0 Å². The molecule has 0 aromatic carbocycles. The lowest BCUT2D eigenvalue weighted by Gasteiger charge is -2.24. The Labute approximate surface area is 105 Å². The summed E-state index contributed by atoms with van der Waals surface area (Å²) in [6.45, 7) is 2.27. The summed E-state index contributed by atoms with van der Waals surface area (Å²) in [6.07, 6.45) is 3.82. The molecular formula is C11H19NO4S. The normalized spacial score (nSPS) is 25.5. The van der Waals surface area contributed by atoms with Crippen LogP contribution in [0.2, 0.25) is 0 Å². The quantitative estimate of drug-likeness (QED) is 0.742. The zero-order chi connectivity index (χ0) is 12.9. The van der Waals surface area contributed by atoms with Crippen LogP contribution in [0.4, 0.5) is 0 Å². The fourth-order valence-electron chi connectivity index (χ4n) is 1.76. The van der Waals surface area contributed by atoms with E-state index in [-0.39, 0.29) is 5.91 Å². The molecule has 2 atom stereocenters. The number of nitrogens with one attached hydrogen (secondary N) is 1. The molecule has 2 N–H and O–H groups in total. The van der Waals surface area contributed by atoms with Crippen molar-refractivity contribution in [2.75, 3.05) is 18.6 Å². The molecule has 1 rings (SSSR count). The molecule has 98 valence electrons. The first-order valence-corrected chi connectivity index (χ1v) is 7.05. The van der Waals surface area contributed by atoms with Gasteiger partial charge in [-0.05, 0) is 38.2 Å². The van der Waals surface area contributed by atoms with E-state index < -0.39 is 17.6 Å². The zero-order valence-electron chi connectivity index (χ0n) is 10.2. The summed E-state index contributed by atoms with van der Waals surface area (Å²) >= 11 is 1.56. The van der Waals surface area contributed by atoms with Crippen molar-refractivity contribution in [3.8, 4) is 0 Å². The Kier molecular flexibility index (Phi) is 5.27. The standard InChI is InChI=1S/C11H19NO4S/c1-11(5-3-6-16-11)10(15)12-8(9(13)14)4-7-17-2/h8H,3-7H2,1-2H3,(H,12,15)(H,13,14)/t8-,11?/m0/s1. The van der Waals surface area contributed by atoms with E-state index in [1.807, 2.05) is 6.26 Å². The van der Waals surface area contributed by atoms with E-state index >= 15 is 0 Å². The molecule has 0 aliphatic carbocycles. The molecule has 1 amide bonds. The number of amides is 1. The van der Waals surface area contributed by atoms with Crippen LogP contribution >= 0.6 is 11.8 Å². The highest BCUT2D eigenvalue weighted by atomic mass is 32.2. The summed E-state index contributed by atoms with van der Waals surface area (Å²) in [4.78, 5) is 22.9. The Morgan fingerprint density at radius 2 is 2.29 bits per heavy atom. The second kappa shape index (κ2) is 6.26. The second-order valence-corrected chi connectivity index (χ2v) is 5.31. The lowest BCUT2D eigenvalue weighted by atomic mass is 10.0. The average molecular weight is 261 g/mol. The summed E-state index contributed by atoms with van der Waals surface area (Å²) < 4.78 is 5.38. The fraction of sp³-hybridized carbons (Fsp3) is 0.818. The number of hydrogen-bond acceptors (Lipinski definition) is 4. The van der Waals surface area contributed by atoms with Crippen LogP contribution in [-0.2, 0) is 14.3 Å². The summed E-state index contributed by atoms with van der Waals surface area (Å²) in [5, 5.41) is 11.6. The van der Waals surface area contributed by atoms with Gasteiger partial charge in [0.15, 0.2) is 0 Å². The predicted octanol–water partition coefficient (Wildman–Crippen LogP) is 0.878. The van der Waals surface area contributed by atoms with Crippen molar-refractivity contribution in [3.63, 3.8) is 0 Å². The van der Waals surface area contributed by atoms with Gasteiger partial charge in [-0.1, -0.05) is 0 Å². The molecule has 17 heavy (non-hydrogen) atoms. The highest BCUT2D eigenvalue weighted by Gasteiger charge is 2.39. The minimum Gasteiger partial charge on any atom is -0.480 e. The van der Waals surface area contributed by atoms with Gasteiger partial charge in [-0.25, -0.2) is 4.79 Å². The van der Waals surface area contributed by atoms with E-state index in [1.54, 1.807) is 18.7 Å². The van der Waals surface area contributed by atoms with Gasteiger partial charge in [-0.3, -0.25) is 4.79 Å². The molecule has 1 saturated heterocycles. The molecule has 6 heteroatoms. The maximum atomic E-state index is 11.9. The first kappa shape index (κ1) is 14.3. The lowest BCUT2D eigenvalue weighted by Crippen LogP contribution is -2.50. The number of carbonyl (C=O) groups is 2. The monoisotopic (exact) mass is 261 g/mol. The van der Waals surface area contributed by atoms with Gasteiger partial charge in [0.25, 0.3) is 5.91 Å². The Morgan fingerprint density at radius 1 is 1.59 bits per heavy atom. The predicted molar refractivity (Wildman–Crippen MR) is 66.2 cm³/mol. The number of carboxylic acid groups (broad SMARTS) is 1. The third kappa shape index (κ3) is 3.89. The number of aliphatic carboxylic acids is 1. The highest BCUT2D eigenvalue weighted by Crippen LogP contribution is 2.25. The molecule has 0 spiro atoms. The lowest BCUT2D eigenvalue weighted by molar-refractivity contribution is -0.147. The number of thioether (sulfide) groups is 1. The fourth-order valence-corrected chi connectivity index (χ4v) is 2.23. The molecule has 1 heterocycles. The Hall–Kier alpha value is -0.750. The molecule has 1 fully saturated rings. The largest absolute Gasteiger partial charge is 0.480 e. The average Bonchev–Trinajstić information content (AvgIpc) is 2.72. The van der Waals surface area contributed by atoms with Crippen LogP contribution in [0.3, 0.4) is 0 Å². The number of carbonyl (C=O) groups excluding carboxylic acids is 1. The van der Waals surface area contributed by atoms with Gasteiger partial charge in [-0.15, -0.1) is 0 Å². The third-order valence-electron chi connectivity index (χ3n) is 2.91. The molecule has 5 nitrogen and oxygen atoms in total. The van der Waals surface area contributed by atoms with Crippen molar-refractivity contribution >= 4 is 23.6 Å². The van der Waals surface area contributed by atoms with Crippen LogP contribution in [0.5, 0.6) is 0 Å². The molecule has 1 aliphatic heterocycles. The molecule has 0 aromatic rings. The van der Waals surface area contributed by atoms with Gasteiger partial charge in [0.05, 0.1) is 0 Å². The van der Waals surface area contributed by atoms with Gasteiger partial charge in [0.2, 0.25) is 0 Å². The minimum absolute atomic E-state index is 0.316. The summed E-state index contributed by atoms with van der Waals surface area (Å²) in [6, 6.07) is -0.823. The van der Waals surface area contributed by atoms with Crippen molar-refractivity contribution in [2.24, 2.45) is 0 Å². The third-order valence-corrected chi connectivity index (χ3v) is 3.56. The highest BCUT2D eigenvalue weighted by molar-refractivity contribution is 7.98. The molecular weight excluding hydrogens is 242 g/mol. The van der Waals surface area contributed by atoms with Gasteiger partial charge >= 0.3 is 5.97 Å². The van der Waals surface area contributed by atoms with Crippen LogP contribution in [0.25, 0.3) is 0 Å². The van der Waals surface area contributed by atoms with Crippen molar-refractivity contribution in [2.45, 2.75) is 37.8 Å². The van der Waals surface area contributed by atoms with Crippen LogP contribution in [-0.4, -0.2) is 47.2 Å². The van der Waals surface area contributed by atoms with E-state index in [0.29, 0.717) is 25.2 Å². The van der Waals surface area contributed by atoms with Gasteiger partial charge in [-0.2, -0.15) is 11.8 Å². The summed E-state index contributed by atoms with van der Waals surface area (Å²) in [7, 11) is 0. The molecule has 1 unspecified atom stereocenters. The zero-order valence-corrected chi connectivity index (χ0v) is 11.0. The van der Waals surface area contributed by atoms with Crippen molar-refractivity contribution in [1.82, 2.24) is 5.32 Å². The Bertz CT molecular complexity index is 289. The first-order valence-electron chi connectivity index (χ1n) is 5.66. The van der Waals surface area contributed by atoms with Crippen molar-refractivity contribution < 1.29 is 19.4 Å². The SMILES string of the molecule is CSCC[C@H](NC(=O)C1(C)CCCO1)C(=O)O. The number of hydrogen-bond donors (Lipinski definition) is 2. The molecule has 0 aromatic heterocycles. The summed E-state index contributed by atoms with van der Waals surface area (Å²) in [5.74, 6) is -0.605. The Morgan fingerprint density at radius 3 is 2.76 bits per heavy atom. The smallest absolute Gasteiger partial charge is 0.326 e. The maximum absolute atomic E-state index is 11.9. The Balaban J connectivity index is 2.54. The molecule has 1 aliphatic rings. The van der Waals surface area contributed by atoms with Crippen molar-refractivity contribution in [1.29, 1.82) is 0 Å². The summed E-state index contributed by atoms with van der Waals surface area (Å²) in [5.41, 5.74) is -0.854.